The SMILES string of the molecule is CC1CCCN(Cc2ccc(NC(=O)C(C)(C)N)cc2)C1. The van der Waals surface area contributed by atoms with E-state index < -0.39 is 5.54 Å². The zero-order valence-electron chi connectivity index (χ0n) is 13.4. The van der Waals surface area contributed by atoms with Gasteiger partial charge >= 0.3 is 0 Å². The Balaban J connectivity index is 1.91. The molecule has 0 aromatic heterocycles. The zero-order valence-corrected chi connectivity index (χ0v) is 13.4. The first-order chi connectivity index (χ1) is 9.84. The molecule has 1 saturated heterocycles. The second-order valence-electron chi connectivity index (χ2n) is 6.86. The van der Waals surface area contributed by atoms with Crippen LogP contribution in [0.1, 0.15) is 39.2 Å². The fraction of sp³-hybridized carbons (Fsp3) is 0.588. The van der Waals surface area contributed by atoms with Crippen LogP contribution in [0.4, 0.5) is 5.69 Å². The Bertz CT molecular complexity index is 476. The van der Waals surface area contributed by atoms with E-state index >= 15 is 0 Å². The molecule has 2 rings (SSSR count). The maximum atomic E-state index is 11.8. The van der Waals surface area contributed by atoms with Gasteiger partial charge in [-0.3, -0.25) is 9.69 Å². The fourth-order valence-corrected chi connectivity index (χ4v) is 2.67. The van der Waals surface area contributed by atoms with Crippen LogP contribution in [0.25, 0.3) is 0 Å². The zero-order chi connectivity index (χ0) is 15.5. The van der Waals surface area contributed by atoms with Crippen LogP contribution in [0.3, 0.4) is 0 Å². The molecule has 0 radical (unpaired) electrons. The highest BCUT2D eigenvalue weighted by molar-refractivity contribution is 5.97. The molecule has 1 atom stereocenters. The van der Waals surface area contributed by atoms with E-state index in [2.05, 4.69) is 29.3 Å². The van der Waals surface area contributed by atoms with Gasteiger partial charge in [0.1, 0.15) is 0 Å². The minimum Gasteiger partial charge on any atom is -0.325 e. The van der Waals surface area contributed by atoms with Crippen LogP contribution in [0.15, 0.2) is 24.3 Å². The van der Waals surface area contributed by atoms with Gasteiger partial charge in [0.25, 0.3) is 0 Å². The molecule has 1 fully saturated rings. The van der Waals surface area contributed by atoms with E-state index in [1.165, 1.54) is 31.5 Å². The lowest BCUT2D eigenvalue weighted by Crippen LogP contribution is -2.45. The van der Waals surface area contributed by atoms with E-state index in [1.54, 1.807) is 13.8 Å². The lowest BCUT2D eigenvalue weighted by molar-refractivity contribution is -0.120. The third-order valence-electron chi connectivity index (χ3n) is 3.94. The number of hydrogen-bond acceptors (Lipinski definition) is 3. The van der Waals surface area contributed by atoms with Crippen LogP contribution in [-0.2, 0) is 11.3 Å². The summed E-state index contributed by atoms with van der Waals surface area (Å²) in [4.78, 5) is 14.3. The summed E-state index contributed by atoms with van der Waals surface area (Å²) in [5.41, 5.74) is 7.00. The third kappa shape index (κ3) is 4.83. The van der Waals surface area contributed by atoms with Gasteiger partial charge in [-0.1, -0.05) is 19.1 Å². The first-order valence-corrected chi connectivity index (χ1v) is 7.76. The standard InChI is InChI=1S/C17H27N3O/c1-13-5-4-10-20(11-13)12-14-6-8-15(9-7-14)19-16(21)17(2,3)18/h6-9,13H,4-5,10-12,18H2,1-3H3,(H,19,21). The average Bonchev–Trinajstić information content (AvgIpc) is 2.40. The number of nitrogens with two attached hydrogens (primary N) is 1. The van der Waals surface area contributed by atoms with Crippen LogP contribution in [-0.4, -0.2) is 29.4 Å². The lowest BCUT2D eigenvalue weighted by Gasteiger charge is -2.30. The Hall–Kier alpha value is -1.39. The van der Waals surface area contributed by atoms with Crippen molar-refractivity contribution in [2.24, 2.45) is 11.7 Å². The molecular formula is C17H27N3O. The van der Waals surface area contributed by atoms with Crippen molar-refractivity contribution < 1.29 is 4.79 Å². The molecule has 0 aliphatic carbocycles. The number of amides is 1. The predicted octanol–water partition coefficient (Wildman–Crippen LogP) is 2.59. The molecule has 1 aliphatic rings. The van der Waals surface area contributed by atoms with Crippen molar-refractivity contribution in [2.45, 2.75) is 45.7 Å². The average molecular weight is 289 g/mol. The van der Waals surface area contributed by atoms with Crippen molar-refractivity contribution in [1.29, 1.82) is 0 Å². The molecule has 1 aliphatic heterocycles. The highest BCUT2D eigenvalue weighted by atomic mass is 16.2. The number of anilines is 1. The number of likely N-dealkylation sites (tertiary alicyclic amines) is 1. The molecular weight excluding hydrogens is 262 g/mol. The second-order valence-corrected chi connectivity index (χ2v) is 6.86. The van der Waals surface area contributed by atoms with E-state index in [1.807, 2.05) is 12.1 Å². The van der Waals surface area contributed by atoms with E-state index in [9.17, 15) is 4.79 Å². The molecule has 4 nitrogen and oxygen atoms in total. The molecule has 0 bridgehead atoms. The van der Waals surface area contributed by atoms with Crippen LogP contribution >= 0.6 is 0 Å². The van der Waals surface area contributed by atoms with Crippen LogP contribution in [0.5, 0.6) is 0 Å². The predicted molar refractivity (Wildman–Crippen MR) is 87.0 cm³/mol. The van der Waals surface area contributed by atoms with E-state index in [0.29, 0.717) is 0 Å². The number of benzene rings is 1. The Kier molecular flexibility index (Phi) is 5.01. The number of rotatable bonds is 4. The van der Waals surface area contributed by atoms with Crippen LogP contribution in [0.2, 0.25) is 0 Å². The van der Waals surface area contributed by atoms with Gasteiger partial charge in [-0.05, 0) is 56.8 Å². The number of piperidine rings is 1. The Morgan fingerprint density at radius 1 is 1.38 bits per heavy atom. The third-order valence-corrected chi connectivity index (χ3v) is 3.94. The molecule has 0 saturated carbocycles. The lowest BCUT2D eigenvalue weighted by atomic mass is 10.00. The van der Waals surface area contributed by atoms with Crippen molar-refractivity contribution in [3.05, 3.63) is 29.8 Å². The summed E-state index contributed by atoms with van der Waals surface area (Å²) in [6, 6.07) is 8.06. The Morgan fingerprint density at radius 3 is 2.62 bits per heavy atom. The van der Waals surface area contributed by atoms with Gasteiger partial charge in [0.05, 0.1) is 5.54 Å². The molecule has 0 spiro atoms. The number of nitrogens with zero attached hydrogens (tertiary/aromatic N) is 1. The number of carbonyl (C=O) groups excluding carboxylic acids is 1. The topological polar surface area (TPSA) is 58.4 Å². The van der Waals surface area contributed by atoms with Crippen molar-refractivity contribution in [3.8, 4) is 0 Å². The van der Waals surface area contributed by atoms with Crippen molar-refractivity contribution in [3.63, 3.8) is 0 Å². The summed E-state index contributed by atoms with van der Waals surface area (Å²) < 4.78 is 0. The molecule has 116 valence electrons. The summed E-state index contributed by atoms with van der Waals surface area (Å²) in [5, 5.41) is 2.84. The molecule has 1 unspecified atom stereocenters. The molecule has 1 amide bonds. The van der Waals surface area contributed by atoms with Crippen LogP contribution < -0.4 is 11.1 Å². The van der Waals surface area contributed by atoms with E-state index in [-0.39, 0.29) is 5.91 Å². The van der Waals surface area contributed by atoms with Crippen molar-refractivity contribution in [2.75, 3.05) is 18.4 Å². The van der Waals surface area contributed by atoms with Gasteiger partial charge < -0.3 is 11.1 Å². The Morgan fingerprint density at radius 2 is 2.05 bits per heavy atom. The smallest absolute Gasteiger partial charge is 0.243 e. The van der Waals surface area contributed by atoms with Crippen molar-refractivity contribution in [1.82, 2.24) is 4.90 Å². The van der Waals surface area contributed by atoms with Gasteiger partial charge in [0, 0.05) is 18.8 Å². The largest absolute Gasteiger partial charge is 0.325 e. The van der Waals surface area contributed by atoms with Crippen LogP contribution in [0, 0.1) is 5.92 Å². The number of nitrogens with one attached hydrogen (secondary N) is 1. The Labute approximate surface area is 127 Å². The number of hydrogen-bond donors (Lipinski definition) is 2. The summed E-state index contributed by atoms with van der Waals surface area (Å²) in [7, 11) is 0. The molecule has 1 aromatic rings. The molecule has 21 heavy (non-hydrogen) atoms. The second kappa shape index (κ2) is 6.58. The molecule has 3 N–H and O–H groups in total. The number of carbonyl (C=O) groups is 1. The van der Waals surface area contributed by atoms with Gasteiger partial charge in [-0.2, -0.15) is 0 Å². The quantitative estimate of drug-likeness (QED) is 0.895. The van der Waals surface area contributed by atoms with Gasteiger partial charge in [-0.25, -0.2) is 0 Å². The minimum atomic E-state index is -0.859. The highest BCUT2D eigenvalue weighted by Crippen LogP contribution is 2.19. The summed E-state index contributed by atoms with van der Waals surface area (Å²) in [6.07, 6.45) is 2.64. The fourth-order valence-electron chi connectivity index (χ4n) is 2.67. The minimum absolute atomic E-state index is 0.167. The van der Waals surface area contributed by atoms with Gasteiger partial charge in [0.15, 0.2) is 0 Å². The summed E-state index contributed by atoms with van der Waals surface area (Å²) in [5.74, 6) is 0.629. The normalized spacial score (nSPS) is 20.3. The highest BCUT2D eigenvalue weighted by Gasteiger charge is 2.21. The van der Waals surface area contributed by atoms with Crippen molar-refractivity contribution >= 4 is 11.6 Å². The molecule has 1 heterocycles. The molecule has 1 aromatic carbocycles. The maximum absolute atomic E-state index is 11.8. The molecule has 4 heteroatoms. The summed E-state index contributed by atoms with van der Waals surface area (Å²) >= 11 is 0. The summed E-state index contributed by atoms with van der Waals surface area (Å²) in [6.45, 7) is 9.08. The maximum Gasteiger partial charge on any atom is 0.243 e. The van der Waals surface area contributed by atoms with Gasteiger partial charge in [0.2, 0.25) is 5.91 Å². The first-order valence-electron chi connectivity index (χ1n) is 7.76. The van der Waals surface area contributed by atoms with Gasteiger partial charge in [-0.15, -0.1) is 0 Å². The monoisotopic (exact) mass is 289 g/mol. The first kappa shape index (κ1) is 16.0. The van der Waals surface area contributed by atoms with E-state index in [4.69, 9.17) is 5.73 Å². The van der Waals surface area contributed by atoms with E-state index in [0.717, 1.165) is 18.2 Å².